The Hall–Kier alpha value is -2.34. The third-order valence-corrected chi connectivity index (χ3v) is 7.60. The van der Waals surface area contributed by atoms with Crippen molar-refractivity contribution < 1.29 is 0 Å². The molecule has 0 aliphatic heterocycles. The van der Waals surface area contributed by atoms with Gasteiger partial charge in [-0.15, -0.1) is 0 Å². The van der Waals surface area contributed by atoms with E-state index in [9.17, 15) is 0 Å². The Morgan fingerprint density at radius 2 is 1.28 bits per heavy atom. The van der Waals surface area contributed by atoms with Crippen LogP contribution in [0.4, 0.5) is 0 Å². The predicted molar refractivity (Wildman–Crippen MR) is 106 cm³/mol. The number of rotatable bonds is 1. The summed E-state index contributed by atoms with van der Waals surface area (Å²) >= 11 is 0. The Balaban J connectivity index is 1.54. The Bertz CT molecular complexity index is 1160. The minimum absolute atomic E-state index is 0.911. The topological polar surface area (TPSA) is 0 Å². The number of hydrogen-bond donors (Lipinski definition) is 0. The van der Waals surface area contributed by atoms with Gasteiger partial charge in [0.15, 0.2) is 0 Å². The Kier molecular flexibility index (Phi) is 2.20. The van der Waals surface area contributed by atoms with E-state index in [1.165, 1.54) is 57.1 Å². The van der Waals surface area contributed by atoms with Gasteiger partial charge in [0.25, 0.3) is 0 Å². The van der Waals surface area contributed by atoms with Crippen molar-refractivity contribution in [3.8, 4) is 0 Å². The molecular formula is C25H20. The molecule has 4 aromatic carbocycles. The lowest BCUT2D eigenvalue weighted by Gasteiger charge is -2.15. The molecule has 0 amide bonds. The Labute approximate surface area is 147 Å². The lowest BCUT2D eigenvalue weighted by Crippen LogP contribution is -2.01. The fourth-order valence-electron chi connectivity index (χ4n) is 6.64. The van der Waals surface area contributed by atoms with Gasteiger partial charge in [-0.3, -0.25) is 0 Å². The van der Waals surface area contributed by atoms with Crippen LogP contribution in [0.3, 0.4) is 0 Å². The molecule has 0 spiro atoms. The second-order valence-electron chi connectivity index (χ2n) is 8.60. The first kappa shape index (κ1) is 12.9. The van der Waals surface area contributed by atoms with E-state index in [0.29, 0.717) is 0 Å². The van der Waals surface area contributed by atoms with Crippen molar-refractivity contribution in [2.75, 3.05) is 0 Å². The van der Waals surface area contributed by atoms with Crippen LogP contribution >= 0.6 is 0 Å². The molecule has 0 heterocycles. The van der Waals surface area contributed by atoms with Crippen molar-refractivity contribution in [3.63, 3.8) is 0 Å². The van der Waals surface area contributed by atoms with Crippen molar-refractivity contribution >= 4 is 38.4 Å². The molecule has 0 unspecified atom stereocenters. The molecule has 4 bridgehead atoms. The molecule has 4 aliphatic rings. The molecule has 0 nitrogen and oxygen atoms in total. The molecule has 0 saturated heterocycles. The van der Waals surface area contributed by atoms with Crippen molar-refractivity contribution in [2.24, 2.45) is 23.7 Å². The lowest BCUT2D eigenvalue weighted by atomic mass is 9.89. The smallest absolute Gasteiger partial charge is 0.00208 e. The zero-order valence-electron chi connectivity index (χ0n) is 14.2. The number of benzene rings is 4. The van der Waals surface area contributed by atoms with E-state index in [1.54, 1.807) is 5.57 Å². The highest BCUT2D eigenvalue weighted by Gasteiger charge is 2.56. The molecule has 25 heavy (non-hydrogen) atoms. The van der Waals surface area contributed by atoms with E-state index in [4.69, 9.17) is 0 Å². The number of hydrogen-bond acceptors (Lipinski definition) is 0. The van der Waals surface area contributed by atoms with Gasteiger partial charge >= 0.3 is 0 Å². The first-order chi connectivity index (χ1) is 12.4. The summed E-state index contributed by atoms with van der Waals surface area (Å²) in [4.78, 5) is 0. The van der Waals surface area contributed by atoms with Gasteiger partial charge in [0.05, 0.1) is 0 Å². The standard InChI is InChI=1S/C25H20/c1-2-14-4-5-16-6-7-17(20-9-8-15(3-1)24(14)25(16)20)11-23-21-12-18-10-19(21)13-22(18)23/h1-9,11,18-19,21-22H,10,12-13H2/t18-,19-,21-,22-/m0/s1. The average Bonchev–Trinajstić information content (AvgIpc) is 3.39. The molecule has 0 radical (unpaired) electrons. The van der Waals surface area contributed by atoms with E-state index >= 15 is 0 Å². The summed E-state index contributed by atoms with van der Waals surface area (Å²) in [6, 6.07) is 20.6. The van der Waals surface area contributed by atoms with Gasteiger partial charge in [-0.25, -0.2) is 0 Å². The van der Waals surface area contributed by atoms with E-state index < -0.39 is 0 Å². The van der Waals surface area contributed by atoms with Crippen LogP contribution in [0.2, 0.25) is 0 Å². The van der Waals surface area contributed by atoms with Crippen molar-refractivity contribution in [1.29, 1.82) is 0 Å². The van der Waals surface area contributed by atoms with Gasteiger partial charge in [0.1, 0.15) is 0 Å². The van der Waals surface area contributed by atoms with E-state index in [-0.39, 0.29) is 0 Å². The van der Waals surface area contributed by atoms with Crippen molar-refractivity contribution in [3.05, 3.63) is 65.7 Å². The highest BCUT2D eigenvalue weighted by molar-refractivity contribution is 6.24. The fourth-order valence-corrected chi connectivity index (χ4v) is 6.64. The second-order valence-corrected chi connectivity index (χ2v) is 8.60. The van der Waals surface area contributed by atoms with Crippen LogP contribution in [-0.2, 0) is 0 Å². The zero-order valence-corrected chi connectivity index (χ0v) is 14.2. The maximum Gasteiger partial charge on any atom is -0.00208 e. The van der Waals surface area contributed by atoms with Gasteiger partial charge in [-0.05, 0) is 80.8 Å². The number of allylic oxidation sites excluding steroid dienone is 1. The zero-order chi connectivity index (χ0) is 16.1. The van der Waals surface area contributed by atoms with Crippen LogP contribution in [0.1, 0.15) is 24.8 Å². The summed E-state index contributed by atoms with van der Waals surface area (Å²) < 4.78 is 0. The summed E-state index contributed by atoms with van der Waals surface area (Å²) in [5.74, 6) is 3.85. The maximum atomic E-state index is 2.58. The fraction of sp³-hybridized carbons (Fsp3) is 0.280. The molecule has 4 aromatic rings. The molecule has 0 heteroatoms. The first-order valence-corrected chi connectivity index (χ1v) is 9.75. The molecule has 0 N–H and O–H groups in total. The van der Waals surface area contributed by atoms with Crippen molar-refractivity contribution in [2.45, 2.75) is 19.3 Å². The molecule has 4 aliphatic carbocycles. The van der Waals surface area contributed by atoms with Crippen molar-refractivity contribution in [1.82, 2.24) is 0 Å². The summed E-state index contributed by atoms with van der Waals surface area (Å²) in [5.41, 5.74) is 3.23. The summed E-state index contributed by atoms with van der Waals surface area (Å²) in [6.45, 7) is 0. The molecule has 120 valence electrons. The predicted octanol–water partition coefficient (Wildman–Crippen LogP) is 6.64. The summed E-state index contributed by atoms with van der Waals surface area (Å²) in [6.07, 6.45) is 7.06. The van der Waals surface area contributed by atoms with Crippen LogP contribution in [0.5, 0.6) is 0 Å². The molecule has 0 aromatic heterocycles. The van der Waals surface area contributed by atoms with Gasteiger partial charge < -0.3 is 0 Å². The Morgan fingerprint density at radius 3 is 2.00 bits per heavy atom. The third-order valence-electron chi connectivity index (χ3n) is 7.60. The molecule has 8 rings (SSSR count). The molecule has 4 fully saturated rings. The lowest BCUT2D eigenvalue weighted by molar-refractivity contribution is 0.457. The van der Waals surface area contributed by atoms with Crippen LogP contribution in [0, 0.1) is 23.7 Å². The summed E-state index contributed by atoms with van der Waals surface area (Å²) in [5, 5.41) is 8.44. The van der Waals surface area contributed by atoms with Gasteiger partial charge in [-0.2, -0.15) is 0 Å². The van der Waals surface area contributed by atoms with Crippen LogP contribution in [0.15, 0.2) is 60.2 Å². The summed E-state index contributed by atoms with van der Waals surface area (Å²) in [7, 11) is 0. The highest BCUT2D eigenvalue weighted by Crippen LogP contribution is 2.66. The second kappa shape index (κ2) is 4.25. The quantitative estimate of drug-likeness (QED) is 0.345. The largest absolute Gasteiger partial charge is 0.0628 e. The van der Waals surface area contributed by atoms with Crippen LogP contribution in [0.25, 0.3) is 38.4 Å². The molecule has 4 atom stereocenters. The van der Waals surface area contributed by atoms with Crippen LogP contribution < -0.4 is 0 Å². The minimum atomic E-state index is 0.911. The van der Waals surface area contributed by atoms with E-state index in [1.807, 2.05) is 0 Å². The van der Waals surface area contributed by atoms with E-state index in [2.05, 4.69) is 60.7 Å². The SMILES string of the molecule is C(=C1[C@H]2C[C@@H]3C[C@H]2C[C@H]13)c1ccc2ccc3cccc4ccc1c2c34. The first-order valence-electron chi connectivity index (χ1n) is 9.75. The molecule has 4 saturated carbocycles. The van der Waals surface area contributed by atoms with Gasteiger partial charge in [0, 0.05) is 0 Å². The third kappa shape index (κ3) is 1.50. The maximum absolute atomic E-state index is 2.58. The Morgan fingerprint density at radius 1 is 0.640 bits per heavy atom. The monoisotopic (exact) mass is 320 g/mol. The average molecular weight is 320 g/mol. The van der Waals surface area contributed by atoms with Gasteiger partial charge in [0.2, 0.25) is 0 Å². The van der Waals surface area contributed by atoms with Crippen LogP contribution in [-0.4, -0.2) is 0 Å². The minimum Gasteiger partial charge on any atom is -0.0628 e. The van der Waals surface area contributed by atoms with E-state index in [0.717, 1.165) is 23.7 Å². The highest BCUT2D eigenvalue weighted by atomic mass is 14.6. The van der Waals surface area contributed by atoms with Gasteiger partial charge in [-0.1, -0.05) is 66.2 Å². The molecular weight excluding hydrogens is 300 g/mol. The normalized spacial score (nSPS) is 29.8.